The molecule has 0 aromatic carbocycles. The van der Waals surface area contributed by atoms with E-state index in [2.05, 4.69) is 4.98 Å². The fourth-order valence-electron chi connectivity index (χ4n) is 2.05. The van der Waals surface area contributed by atoms with Crippen molar-refractivity contribution < 1.29 is 14.8 Å². The van der Waals surface area contributed by atoms with Crippen molar-refractivity contribution in [2.45, 2.75) is 32.7 Å². The maximum absolute atomic E-state index is 11.3. The number of anilines is 1. The number of hydrogen-bond donors (Lipinski definition) is 1. The Bertz CT molecular complexity index is 540. The normalized spacial score (nSPS) is 14.3. The van der Waals surface area contributed by atoms with Crippen LogP contribution in [0.4, 0.5) is 11.5 Å². The highest BCUT2D eigenvalue weighted by molar-refractivity contribution is 5.94. The third-order valence-corrected chi connectivity index (χ3v) is 3.34. The molecule has 0 spiro atoms. The molecular weight excluding hydrogens is 262 g/mol. The summed E-state index contributed by atoms with van der Waals surface area (Å²) in [5, 5.41) is 20.0. The van der Waals surface area contributed by atoms with Crippen molar-refractivity contribution in [3.05, 3.63) is 27.9 Å². The first kappa shape index (κ1) is 14.2. The molecule has 7 heteroatoms. The molecule has 1 aromatic rings. The number of aromatic carboxylic acids is 1. The Balaban J connectivity index is 2.41. The van der Waals surface area contributed by atoms with Gasteiger partial charge < -0.3 is 10.0 Å². The van der Waals surface area contributed by atoms with Gasteiger partial charge in [0.1, 0.15) is 17.6 Å². The van der Waals surface area contributed by atoms with Crippen molar-refractivity contribution in [2.24, 2.45) is 5.92 Å². The molecule has 1 fully saturated rings. The van der Waals surface area contributed by atoms with Crippen LogP contribution in [-0.4, -0.2) is 33.6 Å². The first-order valence-corrected chi connectivity index (χ1v) is 6.54. The molecule has 0 radical (unpaired) electrons. The van der Waals surface area contributed by atoms with Crippen LogP contribution in [0.2, 0.25) is 0 Å². The third-order valence-electron chi connectivity index (χ3n) is 3.34. The first-order chi connectivity index (χ1) is 9.40. The van der Waals surface area contributed by atoms with E-state index in [1.807, 2.05) is 18.7 Å². The Kier molecular flexibility index (Phi) is 3.87. The van der Waals surface area contributed by atoms with Crippen LogP contribution in [0.15, 0.2) is 12.3 Å². The highest BCUT2D eigenvalue weighted by Crippen LogP contribution is 2.33. The van der Waals surface area contributed by atoms with Crippen molar-refractivity contribution in [2.75, 3.05) is 11.4 Å². The maximum atomic E-state index is 11.3. The van der Waals surface area contributed by atoms with E-state index in [4.69, 9.17) is 0 Å². The van der Waals surface area contributed by atoms with Gasteiger partial charge in [-0.25, -0.2) is 9.78 Å². The minimum Gasteiger partial charge on any atom is -0.478 e. The van der Waals surface area contributed by atoms with E-state index in [1.54, 1.807) is 0 Å². The fourth-order valence-corrected chi connectivity index (χ4v) is 2.05. The van der Waals surface area contributed by atoms with Crippen molar-refractivity contribution in [3.63, 3.8) is 0 Å². The third kappa shape index (κ3) is 3.04. The predicted molar refractivity (Wildman–Crippen MR) is 73.1 cm³/mol. The number of pyridine rings is 1. The van der Waals surface area contributed by atoms with Crippen LogP contribution in [0.5, 0.6) is 0 Å². The Labute approximate surface area is 116 Å². The Morgan fingerprint density at radius 1 is 1.60 bits per heavy atom. The zero-order chi connectivity index (χ0) is 14.9. The van der Waals surface area contributed by atoms with Crippen LogP contribution in [0.25, 0.3) is 0 Å². The molecule has 0 aliphatic heterocycles. The number of nitro groups is 1. The summed E-state index contributed by atoms with van der Waals surface area (Å²) in [6.45, 7) is 4.65. The molecule has 0 atom stereocenters. The number of carbonyl (C=O) groups is 1. The van der Waals surface area contributed by atoms with E-state index in [1.165, 1.54) is 0 Å². The summed E-state index contributed by atoms with van der Waals surface area (Å²) < 4.78 is 0. The summed E-state index contributed by atoms with van der Waals surface area (Å²) in [6, 6.07) is 1.16. The highest BCUT2D eigenvalue weighted by Gasteiger charge is 2.29. The minimum absolute atomic E-state index is 0.0858. The molecule has 1 heterocycles. The van der Waals surface area contributed by atoms with Crippen molar-refractivity contribution >= 4 is 17.5 Å². The maximum Gasteiger partial charge on any atom is 0.339 e. The summed E-state index contributed by atoms with van der Waals surface area (Å²) in [4.78, 5) is 27.4. The van der Waals surface area contributed by atoms with Gasteiger partial charge in [-0.15, -0.1) is 0 Å². The number of rotatable bonds is 6. The van der Waals surface area contributed by atoms with Gasteiger partial charge in [0, 0.05) is 18.7 Å². The van der Waals surface area contributed by atoms with E-state index in [0.717, 1.165) is 31.6 Å². The minimum atomic E-state index is -1.20. The standard InChI is InChI=1S/C13H17N3O4/c1-8(2)15(7-9-3-4-9)12-11(13(17)18)5-10(6-14-12)16(19)20/h5-6,8-9H,3-4,7H2,1-2H3,(H,17,18). The number of hydrogen-bond acceptors (Lipinski definition) is 5. The number of carboxylic acids is 1. The van der Waals surface area contributed by atoms with Gasteiger partial charge in [-0.1, -0.05) is 0 Å². The molecular formula is C13H17N3O4. The first-order valence-electron chi connectivity index (χ1n) is 6.54. The van der Waals surface area contributed by atoms with Gasteiger partial charge >= 0.3 is 5.97 Å². The number of nitrogens with zero attached hydrogens (tertiary/aromatic N) is 3. The zero-order valence-corrected chi connectivity index (χ0v) is 11.4. The topological polar surface area (TPSA) is 96.6 Å². The molecule has 1 aromatic heterocycles. The second kappa shape index (κ2) is 5.44. The summed E-state index contributed by atoms with van der Waals surface area (Å²) in [7, 11) is 0. The Morgan fingerprint density at radius 2 is 2.25 bits per heavy atom. The molecule has 1 saturated carbocycles. The lowest BCUT2D eigenvalue weighted by Gasteiger charge is -2.28. The molecule has 1 N–H and O–H groups in total. The van der Waals surface area contributed by atoms with Gasteiger partial charge in [-0.05, 0) is 32.6 Å². The lowest BCUT2D eigenvalue weighted by Crippen LogP contribution is -2.34. The number of carboxylic acid groups (broad SMARTS) is 1. The molecule has 2 rings (SSSR count). The van der Waals surface area contributed by atoms with E-state index >= 15 is 0 Å². The van der Waals surface area contributed by atoms with Crippen LogP contribution in [0.1, 0.15) is 37.0 Å². The smallest absolute Gasteiger partial charge is 0.339 e. The highest BCUT2D eigenvalue weighted by atomic mass is 16.6. The van der Waals surface area contributed by atoms with Crippen LogP contribution in [0, 0.1) is 16.0 Å². The molecule has 20 heavy (non-hydrogen) atoms. The van der Waals surface area contributed by atoms with Crippen molar-refractivity contribution in [3.8, 4) is 0 Å². The molecule has 1 aliphatic rings. The molecule has 0 saturated heterocycles. The van der Waals surface area contributed by atoms with Crippen LogP contribution in [-0.2, 0) is 0 Å². The number of aromatic nitrogens is 1. The van der Waals surface area contributed by atoms with E-state index in [9.17, 15) is 20.0 Å². The molecule has 0 bridgehead atoms. The molecule has 7 nitrogen and oxygen atoms in total. The molecule has 0 amide bonds. The van der Waals surface area contributed by atoms with Crippen LogP contribution in [0.3, 0.4) is 0 Å². The van der Waals surface area contributed by atoms with Crippen LogP contribution < -0.4 is 4.90 Å². The summed E-state index contributed by atoms with van der Waals surface area (Å²) >= 11 is 0. The average molecular weight is 279 g/mol. The summed E-state index contributed by atoms with van der Waals surface area (Å²) in [5.74, 6) is -0.321. The van der Waals surface area contributed by atoms with E-state index in [0.29, 0.717) is 11.7 Å². The van der Waals surface area contributed by atoms with Crippen LogP contribution >= 0.6 is 0 Å². The van der Waals surface area contributed by atoms with Gasteiger partial charge in [0.25, 0.3) is 5.69 Å². The lowest BCUT2D eigenvalue weighted by atomic mass is 10.2. The largest absolute Gasteiger partial charge is 0.478 e. The monoisotopic (exact) mass is 279 g/mol. The Morgan fingerprint density at radius 3 is 2.70 bits per heavy atom. The Hall–Kier alpha value is -2.18. The lowest BCUT2D eigenvalue weighted by molar-refractivity contribution is -0.385. The summed E-state index contributed by atoms with van der Waals surface area (Å²) in [6.07, 6.45) is 3.39. The van der Waals surface area contributed by atoms with Gasteiger partial charge in [0.2, 0.25) is 0 Å². The van der Waals surface area contributed by atoms with E-state index < -0.39 is 10.9 Å². The van der Waals surface area contributed by atoms with Gasteiger partial charge in [0.15, 0.2) is 0 Å². The second-order valence-electron chi connectivity index (χ2n) is 5.32. The predicted octanol–water partition coefficient (Wildman–Crippen LogP) is 2.31. The molecule has 1 aliphatic carbocycles. The quantitative estimate of drug-likeness (QED) is 0.634. The summed E-state index contributed by atoms with van der Waals surface area (Å²) in [5.41, 5.74) is -0.421. The fraction of sp³-hybridized carbons (Fsp3) is 0.538. The average Bonchev–Trinajstić information content (AvgIpc) is 3.18. The van der Waals surface area contributed by atoms with Gasteiger partial charge in [-0.2, -0.15) is 0 Å². The van der Waals surface area contributed by atoms with E-state index in [-0.39, 0.29) is 17.3 Å². The second-order valence-corrected chi connectivity index (χ2v) is 5.32. The molecule has 108 valence electrons. The zero-order valence-electron chi connectivity index (χ0n) is 11.4. The van der Waals surface area contributed by atoms with Crippen molar-refractivity contribution in [1.29, 1.82) is 0 Å². The van der Waals surface area contributed by atoms with Crippen molar-refractivity contribution in [1.82, 2.24) is 4.98 Å². The van der Waals surface area contributed by atoms with Gasteiger partial charge in [0.05, 0.1) is 4.92 Å². The van der Waals surface area contributed by atoms with Gasteiger partial charge in [-0.3, -0.25) is 10.1 Å². The molecule has 0 unspecified atom stereocenters. The SMILES string of the molecule is CC(C)N(CC1CC1)c1ncc([N+](=O)[O-])cc1C(=O)O.